The molecule has 0 atom stereocenters. The van der Waals surface area contributed by atoms with E-state index >= 15 is 0 Å². The fraction of sp³-hybridized carbons (Fsp3) is 0.143. The summed E-state index contributed by atoms with van der Waals surface area (Å²) in [7, 11) is 0. The highest BCUT2D eigenvalue weighted by molar-refractivity contribution is 6.31. The van der Waals surface area contributed by atoms with Gasteiger partial charge in [-0.25, -0.2) is 4.68 Å². The zero-order valence-corrected chi connectivity index (χ0v) is 11.2. The molecular weight excluding hydrogens is 260 g/mol. The number of aromatic nitrogens is 3. The number of halogens is 1. The fourth-order valence-corrected chi connectivity index (χ4v) is 2.20. The number of para-hydroxylation sites is 1. The van der Waals surface area contributed by atoms with Crippen molar-refractivity contribution < 1.29 is 0 Å². The third-order valence-electron chi connectivity index (χ3n) is 3.04. The van der Waals surface area contributed by atoms with Gasteiger partial charge in [0, 0.05) is 18.1 Å². The summed E-state index contributed by atoms with van der Waals surface area (Å²) in [5, 5.41) is 6.10. The summed E-state index contributed by atoms with van der Waals surface area (Å²) >= 11 is 6.08. The normalized spacial score (nSPS) is 11.1. The van der Waals surface area contributed by atoms with Gasteiger partial charge in [-0.2, -0.15) is 5.10 Å². The van der Waals surface area contributed by atoms with Gasteiger partial charge in [0.1, 0.15) is 0 Å². The van der Waals surface area contributed by atoms with Gasteiger partial charge in [0.2, 0.25) is 0 Å². The van der Waals surface area contributed by atoms with Crippen LogP contribution in [0.4, 0.5) is 0 Å². The highest BCUT2D eigenvalue weighted by Gasteiger charge is 2.09. The molecule has 0 fully saturated rings. The molecule has 0 saturated carbocycles. The van der Waals surface area contributed by atoms with Gasteiger partial charge in [0.05, 0.1) is 27.6 Å². The van der Waals surface area contributed by atoms with Crippen LogP contribution in [0.3, 0.4) is 0 Å². The van der Waals surface area contributed by atoms with Crippen LogP contribution in [0.2, 0.25) is 5.02 Å². The molecule has 3 rings (SSSR count). The minimum Gasteiger partial charge on any atom is -0.325 e. The van der Waals surface area contributed by atoms with E-state index in [0.29, 0.717) is 11.6 Å². The van der Waals surface area contributed by atoms with E-state index in [1.165, 1.54) is 0 Å². The first-order valence-electron chi connectivity index (χ1n) is 6.00. The van der Waals surface area contributed by atoms with Gasteiger partial charge in [-0.15, -0.1) is 0 Å². The van der Waals surface area contributed by atoms with E-state index in [1.54, 1.807) is 10.9 Å². The average molecular weight is 273 g/mol. The molecule has 0 spiro atoms. The van der Waals surface area contributed by atoms with Crippen molar-refractivity contribution in [1.82, 2.24) is 14.8 Å². The van der Waals surface area contributed by atoms with Crippen LogP contribution < -0.4 is 5.73 Å². The maximum absolute atomic E-state index is 6.08. The maximum atomic E-state index is 6.08. The Morgan fingerprint density at radius 3 is 2.79 bits per heavy atom. The second-order valence-electron chi connectivity index (χ2n) is 4.36. The number of hydrogen-bond donors (Lipinski definition) is 1. The molecule has 0 aliphatic carbocycles. The summed E-state index contributed by atoms with van der Waals surface area (Å²) in [6.45, 7) is 2.28. The average Bonchev–Trinajstić information content (AvgIpc) is 2.77. The first-order chi connectivity index (χ1) is 9.19. The molecule has 2 aromatic heterocycles. The van der Waals surface area contributed by atoms with Gasteiger partial charge >= 0.3 is 0 Å². The van der Waals surface area contributed by atoms with Crippen LogP contribution >= 0.6 is 11.6 Å². The van der Waals surface area contributed by atoms with Crippen molar-refractivity contribution in [2.45, 2.75) is 13.5 Å². The monoisotopic (exact) mass is 272 g/mol. The molecule has 0 bridgehead atoms. The summed E-state index contributed by atoms with van der Waals surface area (Å²) < 4.78 is 1.78. The summed E-state index contributed by atoms with van der Waals surface area (Å²) in [6, 6.07) is 9.87. The third-order valence-corrected chi connectivity index (χ3v) is 3.41. The van der Waals surface area contributed by atoms with E-state index in [4.69, 9.17) is 17.3 Å². The summed E-state index contributed by atoms with van der Waals surface area (Å²) in [6.07, 6.45) is 1.80. The van der Waals surface area contributed by atoms with Crippen LogP contribution in [0.1, 0.15) is 11.4 Å². The molecule has 0 saturated heterocycles. The number of nitrogens with two attached hydrogens (primary N) is 1. The zero-order valence-electron chi connectivity index (χ0n) is 10.5. The molecule has 0 radical (unpaired) electrons. The number of pyridine rings is 1. The summed E-state index contributed by atoms with van der Waals surface area (Å²) in [5.74, 6) is 0. The number of fused-ring (bicyclic) bond motifs is 1. The van der Waals surface area contributed by atoms with E-state index in [0.717, 1.165) is 28.0 Å². The molecule has 0 unspecified atom stereocenters. The van der Waals surface area contributed by atoms with Crippen LogP contribution in [0, 0.1) is 6.92 Å². The predicted molar refractivity (Wildman–Crippen MR) is 76.5 cm³/mol. The fourth-order valence-electron chi connectivity index (χ4n) is 2.07. The number of benzene rings is 1. The second-order valence-corrected chi connectivity index (χ2v) is 4.77. The van der Waals surface area contributed by atoms with Crippen molar-refractivity contribution in [3.8, 4) is 5.69 Å². The number of rotatable bonds is 2. The minimum absolute atomic E-state index is 0.395. The Hall–Kier alpha value is -1.91. The molecule has 2 N–H and O–H groups in total. The van der Waals surface area contributed by atoms with Crippen LogP contribution in [0.15, 0.2) is 36.5 Å². The molecule has 5 heteroatoms. The highest BCUT2D eigenvalue weighted by atomic mass is 35.5. The van der Waals surface area contributed by atoms with Gasteiger partial charge in [0.25, 0.3) is 0 Å². The maximum Gasteiger partial charge on any atom is 0.0819 e. The van der Waals surface area contributed by atoms with Gasteiger partial charge < -0.3 is 5.73 Å². The lowest BCUT2D eigenvalue weighted by molar-refractivity contribution is 0.861. The number of aryl methyl sites for hydroxylation is 1. The molecule has 0 amide bonds. The quantitative estimate of drug-likeness (QED) is 0.780. The predicted octanol–water partition coefficient (Wildman–Crippen LogP) is 2.84. The van der Waals surface area contributed by atoms with E-state index in [2.05, 4.69) is 10.1 Å². The Labute approximate surface area is 115 Å². The standard InChI is InChI=1S/C14H13ClN4/c1-9-12(15)8-19(18-9)14-6-10(7-16)17-13-5-3-2-4-11(13)14/h2-6,8H,7,16H2,1H3. The van der Waals surface area contributed by atoms with Gasteiger partial charge in [-0.3, -0.25) is 4.98 Å². The van der Waals surface area contributed by atoms with E-state index in [1.807, 2.05) is 37.3 Å². The summed E-state index contributed by atoms with van der Waals surface area (Å²) in [4.78, 5) is 4.51. The molecule has 2 heterocycles. The molecule has 3 aromatic rings. The lowest BCUT2D eigenvalue weighted by Crippen LogP contribution is -2.04. The largest absolute Gasteiger partial charge is 0.325 e. The van der Waals surface area contributed by atoms with Crippen molar-refractivity contribution in [3.05, 3.63) is 52.9 Å². The van der Waals surface area contributed by atoms with Gasteiger partial charge in [-0.05, 0) is 19.1 Å². The molecule has 19 heavy (non-hydrogen) atoms. The molecule has 0 aliphatic rings. The van der Waals surface area contributed by atoms with Crippen molar-refractivity contribution in [2.75, 3.05) is 0 Å². The van der Waals surface area contributed by atoms with E-state index < -0.39 is 0 Å². The first-order valence-corrected chi connectivity index (χ1v) is 6.37. The van der Waals surface area contributed by atoms with Crippen molar-refractivity contribution in [2.24, 2.45) is 5.73 Å². The van der Waals surface area contributed by atoms with Crippen LogP contribution in [0.25, 0.3) is 16.6 Å². The van der Waals surface area contributed by atoms with Gasteiger partial charge in [0.15, 0.2) is 0 Å². The number of nitrogens with zero attached hydrogens (tertiary/aromatic N) is 3. The van der Waals surface area contributed by atoms with E-state index in [-0.39, 0.29) is 0 Å². The Morgan fingerprint density at radius 2 is 2.11 bits per heavy atom. The molecule has 0 aliphatic heterocycles. The molecular formula is C14H13ClN4. The third kappa shape index (κ3) is 2.09. The second kappa shape index (κ2) is 4.64. The van der Waals surface area contributed by atoms with Crippen molar-refractivity contribution in [3.63, 3.8) is 0 Å². The van der Waals surface area contributed by atoms with E-state index in [9.17, 15) is 0 Å². The Balaban J connectivity index is 2.32. The van der Waals surface area contributed by atoms with Crippen LogP contribution in [0.5, 0.6) is 0 Å². The van der Waals surface area contributed by atoms with Crippen molar-refractivity contribution >= 4 is 22.5 Å². The Kier molecular flexibility index (Phi) is 2.97. The van der Waals surface area contributed by atoms with Crippen LogP contribution in [-0.4, -0.2) is 14.8 Å². The Morgan fingerprint density at radius 1 is 1.32 bits per heavy atom. The summed E-state index contributed by atoms with van der Waals surface area (Å²) in [5.41, 5.74) is 9.19. The molecule has 96 valence electrons. The van der Waals surface area contributed by atoms with Crippen LogP contribution in [-0.2, 0) is 6.54 Å². The SMILES string of the molecule is Cc1nn(-c2cc(CN)nc3ccccc23)cc1Cl. The topological polar surface area (TPSA) is 56.7 Å². The molecule has 4 nitrogen and oxygen atoms in total. The minimum atomic E-state index is 0.395. The molecule has 1 aromatic carbocycles. The van der Waals surface area contributed by atoms with Crippen molar-refractivity contribution in [1.29, 1.82) is 0 Å². The zero-order chi connectivity index (χ0) is 13.4. The smallest absolute Gasteiger partial charge is 0.0819 e. The number of hydrogen-bond acceptors (Lipinski definition) is 3. The van der Waals surface area contributed by atoms with Gasteiger partial charge in [-0.1, -0.05) is 29.8 Å². The first kappa shape index (κ1) is 12.1. The lowest BCUT2D eigenvalue weighted by atomic mass is 10.1. The Bertz CT molecular complexity index is 729. The lowest BCUT2D eigenvalue weighted by Gasteiger charge is -2.08. The highest BCUT2D eigenvalue weighted by Crippen LogP contribution is 2.24.